The molecular weight excluding hydrogens is 456 g/mol. The molecule has 14 heavy (non-hydrogen) atoms. The molecule has 0 aromatic heterocycles. The van der Waals surface area contributed by atoms with Crippen LogP contribution < -0.4 is 2.64 Å². The minimum atomic E-state index is 0.116. The normalized spacial score (nSPS) is 8.86. The summed E-state index contributed by atoms with van der Waals surface area (Å²) in [4.78, 5) is 0. The van der Waals surface area contributed by atoms with Gasteiger partial charge >= 0.3 is 108 Å². The first-order valence-corrected chi connectivity index (χ1v) is 6.84. The van der Waals surface area contributed by atoms with E-state index in [2.05, 4.69) is 6.57 Å². The van der Waals surface area contributed by atoms with Crippen molar-refractivity contribution in [2.24, 2.45) is 0 Å². The zero-order chi connectivity index (χ0) is 11.3. The zero-order valence-corrected chi connectivity index (χ0v) is 15.3. The van der Waals surface area contributed by atoms with Crippen LogP contribution in [-0.2, 0) is 26.6 Å². The van der Waals surface area contributed by atoms with E-state index in [-0.39, 0.29) is 36.6 Å². The van der Waals surface area contributed by atoms with Crippen molar-refractivity contribution in [2.45, 2.75) is 0 Å². The van der Waals surface area contributed by atoms with Gasteiger partial charge in [-0.3, -0.25) is 0 Å². The van der Waals surface area contributed by atoms with Gasteiger partial charge in [0.1, 0.15) is 0 Å². The number of nitriles is 1. The summed E-state index contributed by atoms with van der Waals surface area (Å²) in [6, 6.07) is 1.51. The van der Waals surface area contributed by atoms with Crippen molar-refractivity contribution in [3.63, 3.8) is 0 Å². The van der Waals surface area contributed by atoms with E-state index < -0.39 is 0 Å². The second-order valence-corrected chi connectivity index (χ2v) is 4.63. The number of halogens is 4. The molecule has 0 radical (unpaired) electrons. The molecule has 0 spiro atoms. The molecule has 0 atom stereocenters. The minimum absolute atomic E-state index is 0.116. The van der Waals surface area contributed by atoms with E-state index >= 15 is 0 Å². The first kappa shape index (κ1) is 14.6. The fourth-order valence-corrected chi connectivity index (χ4v) is 3.57. The van der Waals surface area contributed by atoms with Crippen molar-refractivity contribution in [2.75, 3.05) is 0 Å². The number of nitrogens with zero attached hydrogens (tertiary/aromatic N) is 1. The molecule has 0 N–H and O–H groups in total. The monoisotopic (exact) mass is 458 g/mol. The van der Waals surface area contributed by atoms with Gasteiger partial charge in [-0.05, 0) is 0 Å². The fraction of sp³-hybridized carbons (Fsp3) is 0. The Morgan fingerprint density at radius 3 is 2.00 bits per heavy atom. The summed E-state index contributed by atoms with van der Waals surface area (Å²) in [5, 5.41) is 7.79. The van der Waals surface area contributed by atoms with Gasteiger partial charge in [-0.15, -0.1) is 0 Å². The van der Waals surface area contributed by atoms with Gasteiger partial charge in [0.05, 0.1) is 0 Å². The van der Waals surface area contributed by atoms with Crippen LogP contribution in [0.5, 0.6) is 5.75 Å². The summed E-state index contributed by atoms with van der Waals surface area (Å²) < 4.78 is 5.10. The predicted octanol–water partition coefficient (Wildman–Crippen LogP) is 4.28. The molecule has 0 aliphatic rings. The molecule has 1 rings (SSSR count). The Morgan fingerprint density at radius 2 is 1.57 bits per heavy atom. The van der Waals surface area contributed by atoms with E-state index in [0.29, 0.717) is 15.8 Å². The molecule has 0 bridgehead atoms. The molecule has 7 heteroatoms. The van der Waals surface area contributed by atoms with E-state index in [0.717, 1.165) is 0 Å². The number of hydrogen-bond donors (Lipinski definition) is 0. The summed E-state index contributed by atoms with van der Waals surface area (Å²) in [5.41, 5.74) is 0. The molecular formula is C7H2Cl4HgNO. The van der Waals surface area contributed by atoms with Gasteiger partial charge in [0.2, 0.25) is 0 Å². The van der Waals surface area contributed by atoms with E-state index in [1.54, 1.807) is 0 Å². The van der Waals surface area contributed by atoms with Crippen LogP contribution in [0.25, 0.3) is 0 Å². The molecule has 0 fully saturated rings. The van der Waals surface area contributed by atoms with E-state index in [4.69, 9.17) is 54.3 Å². The first-order valence-electron chi connectivity index (χ1n) is 3.08. The Labute approximate surface area is 118 Å². The van der Waals surface area contributed by atoms with Crippen molar-refractivity contribution in [3.8, 4) is 12.3 Å². The number of rotatable bonds is 1. The average Bonchev–Trinajstić information content (AvgIpc) is 2.18. The third kappa shape index (κ3) is 3.32. The maximum atomic E-state index is 6.50. The average molecular weight is 459 g/mol. The number of hydrogen-bond acceptors (Lipinski definition) is 2. The molecule has 2 nitrogen and oxygen atoms in total. The summed E-state index contributed by atoms with van der Waals surface area (Å²) in [6.45, 7) is 3.50. The van der Waals surface area contributed by atoms with Gasteiger partial charge in [0, 0.05) is 6.57 Å². The second kappa shape index (κ2) is 6.97. The first-order chi connectivity index (χ1) is 6.57. The Bertz CT molecular complexity index is 355. The SMILES string of the molecule is C#N.Clc1cc(Cl)c([O][Hg])c(Cl)c1Cl. The standard InChI is InChI=1S/C6H2Cl4O.CHN.Hg/c7-2-1-3(8)6(11)5(10)4(2)9;1-2;/h1,11H;1H;/q;;+1/p-1. The van der Waals surface area contributed by atoms with Crippen LogP contribution in [0.15, 0.2) is 6.07 Å². The summed E-state index contributed by atoms with van der Waals surface area (Å²) in [6.07, 6.45) is 0. The molecule has 1 aromatic carbocycles. The van der Waals surface area contributed by atoms with Crippen molar-refractivity contribution in [1.29, 1.82) is 5.26 Å². The van der Waals surface area contributed by atoms with Crippen LogP contribution in [0.4, 0.5) is 0 Å². The molecule has 1 aromatic rings. The second-order valence-electron chi connectivity index (χ2n) is 1.94. The Morgan fingerprint density at radius 1 is 1.07 bits per heavy atom. The quantitative estimate of drug-likeness (QED) is 0.358. The van der Waals surface area contributed by atoms with Gasteiger partial charge in [-0.2, -0.15) is 0 Å². The number of benzene rings is 1. The van der Waals surface area contributed by atoms with Crippen molar-refractivity contribution in [1.82, 2.24) is 0 Å². The van der Waals surface area contributed by atoms with Gasteiger partial charge < -0.3 is 0 Å². The van der Waals surface area contributed by atoms with E-state index in [1.807, 2.05) is 0 Å². The van der Waals surface area contributed by atoms with Crippen LogP contribution in [0, 0.1) is 11.8 Å². The van der Waals surface area contributed by atoms with Gasteiger partial charge in [0.15, 0.2) is 0 Å². The summed E-state index contributed by atoms with van der Waals surface area (Å²) >= 11 is 23.2. The predicted molar refractivity (Wildman–Crippen MR) is 53.8 cm³/mol. The molecule has 0 unspecified atom stereocenters. The van der Waals surface area contributed by atoms with Crippen LogP contribution in [0.2, 0.25) is 20.1 Å². The van der Waals surface area contributed by atoms with Crippen molar-refractivity contribution in [3.05, 3.63) is 26.2 Å². The van der Waals surface area contributed by atoms with Crippen molar-refractivity contribution < 1.29 is 29.2 Å². The Balaban J connectivity index is 0.000000791. The maximum absolute atomic E-state index is 6.50. The molecule has 0 amide bonds. The Kier molecular flexibility index (Phi) is 7.28. The molecule has 0 aliphatic carbocycles. The topological polar surface area (TPSA) is 33.0 Å². The van der Waals surface area contributed by atoms with E-state index in [9.17, 15) is 0 Å². The molecule has 0 saturated carbocycles. The third-order valence-corrected chi connectivity index (χ3v) is 3.86. The summed E-state index contributed by atoms with van der Waals surface area (Å²) in [5.74, 6) is 0.427. The van der Waals surface area contributed by atoms with Crippen LogP contribution in [-0.4, -0.2) is 0 Å². The molecule has 0 saturated heterocycles. The summed E-state index contributed by atoms with van der Waals surface area (Å²) in [7, 11) is 0. The van der Waals surface area contributed by atoms with Gasteiger partial charge in [-0.25, -0.2) is 5.26 Å². The Hall–Kier alpha value is 0.605. The third-order valence-electron chi connectivity index (χ3n) is 1.22. The molecule has 71 valence electrons. The van der Waals surface area contributed by atoms with Crippen LogP contribution >= 0.6 is 46.4 Å². The fourth-order valence-electron chi connectivity index (χ4n) is 0.682. The molecule has 0 aliphatic heterocycles. The zero-order valence-electron chi connectivity index (χ0n) is 6.73. The van der Waals surface area contributed by atoms with E-state index in [1.165, 1.54) is 6.07 Å². The van der Waals surface area contributed by atoms with Crippen molar-refractivity contribution >= 4 is 46.4 Å². The molecule has 0 heterocycles. The van der Waals surface area contributed by atoms with Gasteiger partial charge in [-0.1, -0.05) is 0 Å². The van der Waals surface area contributed by atoms with Gasteiger partial charge in [0.25, 0.3) is 0 Å². The van der Waals surface area contributed by atoms with Crippen LogP contribution in [0.3, 0.4) is 0 Å². The van der Waals surface area contributed by atoms with Crippen LogP contribution in [0.1, 0.15) is 0 Å².